The van der Waals surface area contributed by atoms with Crippen molar-refractivity contribution in [3.63, 3.8) is 0 Å². The van der Waals surface area contributed by atoms with Crippen molar-refractivity contribution in [2.45, 2.75) is 18.4 Å². The monoisotopic (exact) mass is 305 g/mol. The van der Waals surface area contributed by atoms with E-state index in [1.165, 1.54) is 12.1 Å². The molecule has 0 aliphatic carbocycles. The van der Waals surface area contributed by atoms with E-state index in [1.807, 2.05) is 13.0 Å². The van der Waals surface area contributed by atoms with E-state index in [0.29, 0.717) is 12.2 Å². The van der Waals surface area contributed by atoms with E-state index in [4.69, 9.17) is 15.5 Å². The fourth-order valence-electron chi connectivity index (χ4n) is 1.37. The maximum Gasteiger partial charge on any atom is 0.294 e. The Morgan fingerprint density at radius 3 is 2.33 bits per heavy atom. The van der Waals surface area contributed by atoms with E-state index in [1.54, 1.807) is 30.3 Å². The quantitative estimate of drug-likeness (QED) is 0.815. The van der Waals surface area contributed by atoms with Crippen LogP contribution in [0.2, 0.25) is 0 Å². The smallest absolute Gasteiger partial charge is 0.294 e. The van der Waals surface area contributed by atoms with Crippen LogP contribution in [-0.2, 0) is 16.7 Å². The summed E-state index contributed by atoms with van der Waals surface area (Å²) in [5.74, 6) is 0. The predicted molar refractivity (Wildman–Crippen MR) is 77.8 cm³/mol. The molecule has 0 bridgehead atoms. The van der Waals surface area contributed by atoms with Crippen molar-refractivity contribution in [2.24, 2.45) is 5.73 Å². The summed E-state index contributed by atoms with van der Waals surface area (Å²) >= 11 is 0. The number of hydrogen-bond donors (Lipinski definition) is 2. The SMILES string of the molecule is Cc1ccc(S(=O)(=O)O)cc1.N#Cc1cccc(CN)n1. The van der Waals surface area contributed by atoms with Gasteiger partial charge in [0.25, 0.3) is 10.1 Å². The van der Waals surface area contributed by atoms with Crippen LogP contribution in [-0.4, -0.2) is 18.0 Å². The number of aryl methyl sites for hydroxylation is 1. The van der Waals surface area contributed by atoms with Crippen LogP contribution in [0.4, 0.5) is 0 Å². The van der Waals surface area contributed by atoms with Crippen molar-refractivity contribution in [1.82, 2.24) is 4.98 Å². The highest BCUT2D eigenvalue weighted by Gasteiger charge is 2.06. The van der Waals surface area contributed by atoms with Crippen LogP contribution in [0, 0.1) is 18.3 Å². The normalized spacial score (nSPS) is 10.2. The van der Waals surface area contributed by atoms with Gasteiger partial charge in [0, 0.05) is 6.54 Å². The molecule has 7 heteroatoms. The molecular formula is C14H15N3O3S. The number of pyridine rings is 1. The van der Waals surface area contributed by atoms with Crippen molar-refractivity contribution in [3.8, 4) is 6.07 Å². The van der Waals surface area contributed by atoms with Crippen molar-refractivity contribution < 1.29 is 13.0 Å². The topological polar surface area (TPSA) is 117 Å². The Bertz CT molecular complexity index is 735. The Morgan fingerprint density at radius 2 is 1.86 bits per heavy atom. The van der Waals surface area contributed by atoms with Crippen molar-refractivity contribution in [1.29, 1.82) is 5.26 Å². The average Bonchev–Trinajstić information content (AvgIpc) is 2.47. The van der Waals surface area contributed by atoms with E-state index < -0.39 is 10.1 Å². The Labute approximate surface area is 123 Å². The van der Waals surface area contributed by atoms with Gasteiger partial charge in [0.05, 0.1) is 10.6 Å². The maximum atomic E-state index is 10.5. The highest BCUT2D eigenvalue weighted by atomic mass is 32.2. The second-order valence-corrected chi connectivity index (χ2v) is 5.54. The summed E-state index contributed by atoms with van der Waals surface area (Å²) in [6, 6.07) is 13.1. The molecule has 1 heterocycles. The van der Waals surface area contributed by atoms with Crippen molar-refractivity contribution in [3.05, 3.63) is 59.4 Å². The van der Waals surface area contributed by atoms with Crippen LogP contribution in [0.5, 0.6) is 0 Å². The van der Waals surface area contributed by atoms with Gasteiger partial charge in [0.2, 0.25) is 0 Å². The molecule has 0 fully saturated rings. The van der Waals surface area contributed by atoms with E-state index in [2.05, 4.69) is 4.98 Å². The van der Waals surface area contributed by atoms with Crippen LogP contribution in [0.1, 0.15) is 17.0 Å². The highest BCUT2D eigenvalue weighted by Crippen LogP contribution is 2.08. The Kier molecular flexibility index (Phi) is 5.99. The van der Waals surface area contributed by atoms with Gasteiger partial charge in [-0.3, -0.25) is 4.55 Å². The number of nitrogens with zero attached hydrogens (tertiary/aromatic N) is 2. The predicted octanol–water partition coefficient (Wildman–Crippen LogP) is 1.65. The molecule has 6 nitrogen and oxygen atoms in total. The van der Waals surface area contributed by atoms with Crippen LogP contribution in [0.15, 0.2) is 47.4 Å². The van der Waals surface area contributed by atoms with E-state index >= 15 is 0 Å². The first kappa shape index (κ1) is 16.8. The van der Waals surface area contributed by atoms with Crippen LogP contribution in [0.25, 0.3) is 0 Å². The molecule has 1 aromatic heterocycles. The minimum absolute atomic E-state index is 0.0666. The van der Waals surface area contributed by atoms with Gasteiger partial charge in [-0.15, -0.1) is 0 Å². The fourth-order valence-corrected chi connectivity index (χ4v) is 1.85. The first-order valence-corrected chi connectivity index (χ1v) is 7.41. The molecular weight excluding hydrogens is 290 g/mol. The van der Waals surface area contributed by atoms with Gasteiger partial charge in [-0.1, -0.05) is 23.8 Å². The fraction of sp³-hybridized carbons (Fsp3) is 0.143. The van der Waals surface area contributed by atoms with Gasteiger partial charge in [-0.2, -0.15) is 13.7 Å². The lowest BCUT2D eigenvalue weighted by atomic mass is 10.2. The second-order valence-electron chi connectivity index (χ2n) is 4.12. The molecule has 0 amide bonds. The standard InChI is InChI=1S/C7H7N3.C7H8O3S/c8-4-6-2-1-3-7(5-9)10-6;1-6-2-4-7(5-3-6)11(8,9)10/h1-3H,4,8H2;2-5H,1H3,(H,8,9,10). The van der Waals surface area contributed by atoms with E-state index in [0.717, 1.165) is 11.3 Å². The minimum Gasteiger partial charge on any atom is -0.325 e. The third-order valence-corrected chi connectivity index (χ3v) is 3.32. The number of hydrogen-bond acceptors (Lipinski definition) is 5. The van der Waals surface area contributed by atoms with Crippen LogP contribution in [0.3, 0.4) is 0 Å². The molecule has 0 saturated heterocycles. The van der Waals surface area contributed by atoms with Gasteiger partial charge in [-0.05, 0) is 31.2 Å². The molecule has 0 aliphatic heterocycles. The van der Waals surface area contributed by atoms with Gasteiger partial charge >= 0.3 is 0 Å². The Hall–Kier alpha value is -2.27. The number of aromatic nitrogens is 1. The summed E-state index contributed by atoms with van der Waals surface area (Å²) in [7, 11) is -4.02. The third-order valence-electron chi connectivity index (χ3n) is 2.45. The third kappa shape index (κ3) is 5.71. The molecule has 3 N–H and O–H groups in total. The molecule has 0 aliphatic rings. The number of nitriles is 1. The number of benzene rings is 1. The number of nitrogens with two attached hydrogens (primary N) is 1. The first-order valence-electron chi connectivity index (χ1n) is 5.97. The molecule has 21 heavy (non-hydrogen) atoms. The summed E-state index contributed by atoms with van der Waals surface area (Å²) in [5, 5.41) is 8.40. The van der Waals surface area contributed by atoms with E-state index in [9.17, 15) is 8.42 Å². The molecule has 0 spiro atoms. The summed E-state index contributed by atoms with van der Waals surface area (Å²) in [6.45, 7) is 2.23. The van der Waals surface area contributed by atoms with Crippen LogP contribution < -0.4 is 5.73 Å². The zero-order valence-electron chi connectivity index (χ0n) is 11.4. The molecule has 2 rings (SSSR count). The largest absolute Gasteiger partial charge is 0.325 e. The molecule has 0 saturated carbocycles. The first-order chi connectivity index (χ1) is 9.86. The highest BCUT2D eigenvalue weighted by molar-refractivity contribution is 7.85. The molecule has 110 valence electrons. The summed E-state index contributed by atoms with van der Waals surface area (Å²) in [6.07, 6.45) is 0. The molecule has 0 atom stereocenters. The Balaban J connectivity index is 0.000000211. The lowest BCUT2D eigenvalue weighted by Crippen LogP contribution is -1.99. The van der Waals surface area contributed by atoms with Crippen LogP contribution >= 0.6 is 0 Å². The van der Waals surface area contributed by atoms with Crippen molar-refractivity contribution >= 4 is 10.1 Å². The molecule has 0 radical (unpaired) electrons. The molecule has 2 aromatic rings. The van der Waals surface area contributed by atoms with Gasteiger partial charge in [0.15, 0.2) is 0 Å². The minimum atomic E-state index is -4.02. The average molecular weight is 305 g/mol. The van der Waals surface area contributed by atoms with Gasteiger partial charge in [0.1, 0.15) is 11.8 Å². The second kappa shape index (κ2) is 7.50. The zero-order chi connectivity index (χ0) is 15.9. The zero-order valence-corrected chi connectivity index (χ0v) is 12.2. The number of rotatable bonds is 2. The summed E-state index contributed by atoms with van der Waals surface area (Å²) in [4.78, 5) is 3.86. The van der Waals surface area contributed by atoms with Gasteiger partial charge in [-0.25, -0.2) is 4.98 Å². The Morgan fingerprint density at radius 1 is 1.24 bits per heavy atom. The van der Waals surface area contributed by atoms with Crippen molar-refractivity contribution in [2.75, 3.05) is 0 Å². The lowest BCUT2D eigenvalue weighted by molar-refractivity contribution is 0.483. The van der Waals surface area contributed by atoms with Gasteiger partial charge < -0.3 is 5.73 Å². The summed E-state index contributed by atoms with van der Waals surface area (Å²) < 4.78 is 29.6. The lowest BCUT2D eigenvalue weighted by Gasteiger charge is -1.95. The summed E-state index contributed by atoms with van der Waals surface area (Å²) in [5.41, 5.74) is 7.43. The molecule has 1 aromatic carbocycles. The maximum absolute atomic E-state index is 10.5. The van der Waals surface area contributed by atoms with E-state index in [-0.39, 0.29) is 4.90 Å². The molecule has 0 unspecified atom stereocenters.